The van der Waals surface area contributed by atoms with Gasteiger partial charge in [-0.15, -0.1) is 0 Å². The fourth-order valence-corrected chi connectivity index (χ4v) is 2.75. The second-order valence-electron chi connectivity index (χ2n) is 5.27. The lowest BCUT2D eigenvalue weighted by atomic mass is 10.3. The molecular weight excluding hydrogens is 334 g/mol. The van der Waals surface area contributed by atoms with Gasteiger partial charge in [-0.3, -0.25) is 4.90 Å². The summed E-state index contributed by atoms with van der Waals surface area (Å²) >= 11 is 3.58. The number of anilines is 2. The molecule has 0 spiro atoms. The second kappa shape index (κ2) is 8.51. The first-order chi connectivity index (χ1) is 10.2. The Labute approximate surface area is 134 Å². The highest BCUT2D eigenvalue weighted by molar-refractivity contribution is 9.10. The molecule has 1 aliphatic rings. The Balaban J connectivity index is 1.91. The van der Waals surface area contributed by atoms with Crippen LogP contribution in [0.5, 0.6) is 0 Å². The number of rotatable bonds is 7. The Kier molecular flexibility index (Phi) is 6.66. The van der Waals surface area contributed by atoms with Gasteiger partial charge in [-0.2, -0.15) is 0 Å². The molecule has 1 aromatic heterocycles. The van der Waals surface area contributed by atoms with E-state index in [2.05, 4.69) is 55.3 Å². The molecule has 0 saturated carbocycles. The maximum Gasteiger partial charge on any atom is 0.146 e. The Bertz CT molecular complexity index is 439. The molecule has 0 bridgehead atoms. The smallest absolute Gasteiger partial charge is 0.146 e. The summed E-state index contributed by atoms with van der Waals surface area (Å²) in [6.45, 7) is 9.84. The molecule has 2 heterocycles. The van der Waals surface area contributed by atoms with Crippen LogP contribution >= 0.6 is 15.9 Å². The summed E-state index contributed by atoms with van der Waals surface area (Å²) in [5.74, 6) is 1.68. The molecule has 0 aliphatic carbocycles. The number of halogens is 1. The molecular formula is C14H24BrN5O. The summed E-state index contributed by atoms with van der Waals surface area (Å²) in [5.41, 5.74) is 0. The molecule has 118 valence electrons. The molecule has 1 aliphatic heterocycles. The van der Waals surface area contributed by atoms with E-state index in [9.17, 15) is 0 Å². The third-order valence-corrected chi connectivity index (χ3v) is 4.10. The van der Waals surface area contributed by atoms with Crippen LogP contribution in [0.25, 0.3) is 0 Å². The first-order valence-electron chi connectivity index (χ1n) is 7.51. The maximum atomic E-state index is 5.37. The molecule has 1 unspecified atom stereocenters. The van der Waals surface area contributed by atoms with Crippen LogP contribution < -0.4 is 10.6 Å². The van der Waals surface area contributed by atoms with Crippen molar-refractivity contribution < 1.29 is 4.74 Å². The number of ether oxygens (including phenoxy) is 1. The zero-order valence-electron chi connectivity index (χ0n) is 12.7. The van der Waals surface area contributed by atoms with Crippen molar-refractivity contribution in [2.24, 2.45) is 0 Å². The van der Waals surface area contributed by atoms with Crippen LogP contribution in [0.1, 0.15) is 20.3 Å². The van der Waals surface area contributed by atoms with Gasteiger partial charge in [-0.25, -0.2) is 9.97 Å². The number of nitrogens with zero attached hydrogens (tertiary/aromatic N) is 3. The molecule has 1 aromatic rings. The fraction of sp³-hybridized carbons (Fsp3) is 0.714. The van der Waals surface area contributed by atoms with Gasteiger partial charge in [-0.1, -0.05) is 6.92 Å². The number of hydrogen-bond acceptors (Lipinski definition) is 6. The monoisotopic (exact) mass is 357 g/mol. The standard InChI is InChI=1S/C14H24BrN5O/c1-3-4-16-13-12(15)14(18-10-17-13)19-11(2)9-20-5-7-21-8-6-20/h10-11H,3-9H2,1-2H3,(H2,16,17,18,19). The molecule has 7 heteroatoms. The summed E-state index contributed by atoms with van der Waals surface area (Å²) < 4.78 is 6.27. The van der Waals surface area contributed by atoms with Crippen LogP contribution in [0.2, 0.25) is 0 Å². The number of aromatic nitrogens is 2. The lowest BCUT2D eigenvalue weighted by molar-refractivity contribution is 0.0368. The molecule has 2 rings (SSSR count). The molecule has 1 saturated heterocycles. The summed E-state index contributed by atoms with van der Waals surface area (Å²) in [7, 11) is 0. The lowest BCUT2D eigenvalue weighted by Crippen LogP contribution is -2.42. The van der Waals surface area contributed by atoms with Crippen molar-refractivity contribution in [2.75, 3.05) is 50.0 Å². The van der Waals surface area contributed by atoms with Crippen LogP contribution in [0.3, 0.4) is 0 Å². The summed E-state index contributed by atoms with van der Waals surface area (Å²) in [5, 5.41) is 6.75. The first-order valence-corrected chi connectivity index (χ1v) is 8.31. The average Bonchev–Trinajstić information content (AvgIpc) is 2.49. The zero-order valence-corrected chi connectivity index (χ0v) is 14.3. The Morgan fingerprint density at radius 3 is 2.76 bits per heavy atom. The van der Waals surface area contributed by atoms with Gasteiger partial charge < -0.3 is 15.4 Å². The Hall–Kier alpha value is -0.920. The minimum absolute atomic E-state index is 0.313. The van der Waals surface area contributed by atoms with Crippen molar-refractivity contribution in [3.63, 3.8) is 0 Å². The zero-order chi connectivity index (χ0) is 15.1. The van der Waals surface area contributed by atoms with E-state index < -0.39 is 0 Å². The van der Waals surface area contributed by atoms with Gasteiger partial charge in [-0.05, 0) is 29.3 Å². The molecule has 21 heavy (non-hydrogen) atoms. The third kappa shape index (κ3) is 5.09. The topological polar surface area (TPSA) is 62.3 Å². The van der Waals surface area contributed by atoms with E-state index in [1.54, 1.807) is 6.33 Å². The molecule has 1 fully saturated rings. The average molecular weight is 358 g/mol. The van der Waals surface area contributed by atoms with E-state index in [0.717, 1.165) is 61.9 Å². The van der Waals surface area contributed by atoms with Crippen LogP contribution in [0.15, 0.2) is 10.8 Å². The fourth-order valence-electron chi connectivity index (χ4n) is 2.29. The molecule has 0 amide bonds. The highest BCUT2D eigenvalue weighted by Crippen LogP contribution is 2.26. The van der Waals surface area contributed by atoms with Gasteiger partial charge in [0.25, 0.3) is 0 Å². The van der Waals surface area contributed by atoms with Crippen LogP contribution in [-0.2, 0) is 4.74 Å². The van der Waals surface area contributed by atoms with E-state index in [4.69, 9.17) is 4.74 Å². The minimum atomic E-state index is 0.313. The predicted molar refractivity (Wildman–Crippen MR) is 88.9 cm³/mol. The van der Waals surface area contributed by atoms with E-state index >= 15 is 0 Å². The summed E-state index contributed by atoms with van der Waals surface area (Å²) in [4.78, 5) is 11.0. The normalized spacial score (nSPS) is 17.5. The Morgan fingerprint density at radius 2 is 2.05 bits per heavy atom. The van der Waals surface area contributed by atoms with Gasteiger partial charge in [0.2, 0.25) is 0 Å². The van der Waals surface area contributed by atoms with Gasteiger partial charge in [0.1, 0.15) is 22.4 Å². The van der Waals surface area contributed by atoms with Gasteiger partial charge in [0.15, 0.2) is 0 Å². The van der Waals surface area contributed by atoms with Gasteiger partial charge in [0.05, 0.1) is 13.2 Å². The largest absolute Gasteiger partial charge is 0.379 e. The number of morpholine rings is 1. The predicted octanol–water partition coefficient (Wildman–Crippen LogP) is 2.19. The van der Waals surface area contributed by atoms with E-state index in [0.29, 0.717) is 6.04 Å². The third-order valence-electron chi connectivity index (χ3n) is 3.35. The summed E-state index contributed by atoms with van der Waals surface area (Å²) in [6, 6.07) is 0.313. The first kappa shape index (κ1) is 16.5. The number of hydrogen-bond donors (Lipinski definition) is 2. The van der Waals surface area contributed by atoms with Crippen LogP contribution in [0.4, 0.5) is 11.6 Å². The van der Waals surface area contributed by atoms with Crippen LogP contribution in [0, 0.1) is 0 Å². The van der Waals surface area contributed by atoms with Crippen molar-refractivity contribution in [3.05, 3.63) is 10.8 Å². The van der Waals surface area contributed by atoms with E-state index in [1.807, 2.05) is 0 Å². The van der Waals surface area contributed by atoms with Crippen molar-refractivity contribution in [1.29, 1.82) is 0 Å². The van der Waals surface area contributed by atoms with Crippen molar-refractivity contribution in [2.45, 2.75) is 26.3 Å². The van der Waals surface area contributed by atoms with Crippen molar-refractivity contribution >= 4 is 27.6 Å². The van der Waals surface area contributed by atoms with Gasteiger partial charge in [0, 0.05) is 32.2 Å². The molecule has 6 nitrogen and oxygen atoms in total. The van der Waals surface area contributed by atoms with Crippen LogP contribution in [-0.4, -0.2) is 60.3 Å². The van der Waals surface area contributed by atoms with Crippen molar-refractivity contribution in [1.82, 2.24) is 14.9 Å². The second-order valence-corrected chi connectivity index (χ2v) is 6.06. The highest BCUT2D eigenvalue weighted by atomic mass is 79.9. The minimum Gasteiger partial charge on any atom is -0.379 e. The van der Waals surface area contributed by atoms with E-state index in [-0.39, 0.29) is 0 Å². The molecule has 0 radical (unpaired) electrons. The molecule has 0 aromatic carbocycles. The van der Waals surface area contributed by atoms with Gasteiger partial charge >= 0.3 is 0 Å². The quantitative estimate of drug-likeness (QED) is 0.779. The maximum absolute atomic E-state index is 5.37. The summed E-state index contributed by atoms with van der Waals surface area (Å²) in [6.07, 6.45) is 2.65. The Morgan fingerprint density at radius 1 is 1.33 bits per heavy atom. The highest BCUT2D eigenvalue weighted by Gasteiger charge is 2.15. The lowest BCUT2D eigenvalue weighted by Gasteiger charge is -2.29. The SMILES string of the molecule is CCCNc1ncnc(NC(C)CN2CCOCC2)c1Br. The number of nitrogens with one attached hydrogen (secondary N) is 2. The molecule has 1 atom stereocenters. The van der Waals surface area contributed by atoms with E-state index in [1.165, 1.54) is 0 Å². The van der Waals surface area contributed by atoms with Crippen molar-refractivity contribution in [3.8, 4) is 0 Å². The molecule has 2 N–H and O–H groups in total.